The van der Waals surface area contributed by atoms with Gasteiger partial charge >= 0.3 is 5.97 Å². The molecule has 0 aliphatic carbocycles. The lowest BCUT2D eigenvalue weighted by atomic mass is 9.99. The van der Waals surface area contributed by atoms with Gasteiger partial charge in [-0.15, -0.1) is 11.8 Å². The minimum absolute atomic E-state index is 0.00227. The van der Waals surface area contributed by atoms with Crippen LogP contribution < -0.4 is 0 Å². The van der Waals surface area contributed by atoms with E-state index in [0.29, 0.717) is 35.8 Å². The number of carboxylic acid groups (broad SMARTS) is 1. The number of Topliss-reactive ketones (excluding diaryl/α,β-unsaturated/α-hetero) is 2. The van der Waals surface area contributed by atoms with Gasteiger partial charge < -0.3 is 34.5 Å². The van der Waals surface area contributed by atoms with Gasteiger partial charge in [-0.25, -0.2) is 9.97 Å². The van der Waals surface area contributed by atoms with E-state index in [2.05, 4.69) is 55.8 Å². The SMILES string of the molecule is CN1CCC2=C(C1)SCC2=O.CN1CCC2=C(OCC2=O)C1C(=O)O.CN1CCc2nc[nH]c2C1.CN1CCc2nc[nH]c2C1. The summed E-state index contributed by atoms with van der Waals surface area (Å²) in [7, 11) is 8.08. The Bertz CT molecular complexity index is 1410. The van der Waals surface area contributed by atoms with E-state index in [-0.39, 0.29) is 12.4 Å². The van der Waals surface area contributed by atoms with Crippen molar-refractivity contribution in [2.24, 2.45) is 0 Å². The van der Waals surface area contributed by atoms with Crippen LogP contribution in [0.15, 0.2) is 34.5 Å². The molecule has 0 aromatic carbocycles. The van der Waals surface area contributed by atoms with Gasteiger partial charge in [0.15, 0.2) is 24.2 Å². The molecule has 8 rings (SSSR count). The fraction of sp³-hybridized carbons (Fsp3) is 0.581. The molecule has 244 valence electrons. The zero-order valence-electron chi connectivity index (χ0n) is 26.6. The lowest BCUT2D eigenvalue weighted by Gasteiger charge is -2.29. The molecule has 0 amide bonds. The molecule has 2 aromatic heterocycles. The van der Waals surface area contributed by atoms with E-state index in [0.717, 1.165) is 64.1 Å². The lowest BCUT2D eigenvalue weighted by molar-refractivity contribution is -0.143. The van der Waals surface area contributed by atoms with Crippen LogP contribution in [0.25, 0.3) is 0 Å². The number of nitrogens with one attached hydrogen (secondary N) is 2. The highest BCUT2D eigenvalue weighted by molar-refractivity contribution is 8.04. The molecule has 0 saturated carbocycles. The number of likely N-dealkylation sites (N-methyl/N-ethyl adjacent to an activating group) is 4. The maximum absolute atomic E-state index is 11.3. The standard InChI is InChI=1S/C9H11NO4.C8H11NOS.2C7H11N3/c1-10-3-2-5-6(11)4-14-8(5)7(10)9(12)13;1-9-3-2-6-7(10)5-11-8(6)4-9;2*1-10-3-2-6-7(4-10)9-5-8-6/h7H,2-4H2,1H3,(H,12,13);2-5H2,1H3;2*5H,2-4H2,1H3,(H,8,9). The van der Waals surface area contributed by atoms with E-state index < -0.39 is 12.0 Å². The normalized spacial score (nSPS) is 23.3. The summed E-state index contributed by atoms with van der Waals surface area (Å²) < 4.78 is 5.12. The van der Waals surface area contributed by atoms with E-state index in [4.69, 9.17) is 9.84 Å². The van der Waals surface area contributed by atoms with Crippen LogP contribution in [-0.4, -0.2) is 141 Å². The van der Waals surface area contributed by atoms with Gasteiger partial charge in [0.25, 0.3) is 0 Å². The van der Waals surface area contributed by atoms with E-state index in [9.17, 15) is 14.4 Å². The Kier molecular flexibility index (Phi) is 10.9. The number of carboxylic acids is 1. The summed E-state index contributed by atoms with van der Waals surface area (Å²) in [6, 6.07) is -0.787. The number of thioether (sulfide) groups is 1. The highest BCUT2D eigenvalue weighted by atomic mass is 32.2. The maximum atomic E-state index is 11.3. The second-order valence-electron chi connectivity index (χ2n) is 12.3. The number of ketones is 2. The van der Waals surface area contributed by atoms with Gasteiger partial charge in [0, 0.05) is 74.7 Å². The molecular formula is C31H44N8O5S. The van der Waals surface area contributed by atoms with Gasteiger partial charge in [-0.1, -0.05) is 0 Å². The van der Waals surface area contributed by atoms with Gasteiger partial charge in [-0.2, -0.15) is 0 Å². The van der Waals surface area contributed by atoms with Gasteiger partial charge in [0.1, 0.15) is 5.76 Å². The molecule has 45 heavy (non-hydrogen) atoms. The third kappa shape index (κ3) is 8.11. The summed E-state index contributed by atoms with van der Waals surface area (Å²) in [5.74, 6) is 0.376. The Morgan fingerprint density at radius 2 is 1.38 bits per heavy atom. The number of fused-ring (bicyclic) bond motifs is 2. The number of nitrogens with zero attached hydrogens (tertiary/aromatic N) is 6. The van der Waals surface area contributed by atoms with Gasteiger partial charge in [0.2, 0.25) is 0 Å². The molecule has 0 saturated heterocycles. The largest absolute Gasteiger partial charge is 0.487 e. The van der Waals surface area contributed by atoms with Crippen molar-refractivity contribution in [2.75, 3.05) is 73.3 Å². The first kappa shape index (κ1) is 33.1. The smallest absolute Gasteiger partial charge is 0.328 e. The summed E-state index contributed by atoms with van der Waals surface area (Å²) in [6.45, 7) is 6.95. The molecule has 0 bridgehead atoms. The van der Waals surface area contributed by atoms with E-state index in [1.807, 2.05) is 0 Å². The summed E-state index contributed by atoms with van der Waals surface area (Å²) >= 11 is 1.73. The molecule has 0 fully saturated rings. The Labute approximate surface area is 268 Å². The molecular weight excluding hydrogens is 596 g/mol. The van der Waals surface area contributed by atoms with Crippen LogP contribution in [0.2, 0.25) is 0 Å². The molecule has 3 N–H and O–H groups in total. The minimum Gasteiger partial charge on any atom is -0.487 e. The number of aromatic nitrogens is 4. The van der Waals surface area contributed by atoms with Crippen LogP contribution in [0.5, 0.6) is 0 Å². The van der Waals surface area contributed by atoms with Crippen molar-refractivity contribution in [3.8, 4) is 0 Å². The van der Waals surface area contributed by atoms with Gasteiger partial charge in [-0.05, 0) is 41.0 Å². The monoisotopic (exact) mass is 640 g/mol. The predicted octanol–water partition coefficient (Wildman–Crippen LogP) is 1.32. The molecule has 0 spiro atoms. The van der Waals surface area contributed by atoms with Crippen molar-refractivity contribution in [3.63, 3.8) is 0 Å². The number of ether oxygens (including phenoxy) is 1. The van der Waals surface area contributed by atoms with Crippen molar-refractivity contribution in [3.05, 3.63) is 57.2 Å². The average Bonchev–Trinajstić information content (AvgIpc) is 3.81. The first-order chi connectivity index (χ1) is 21.6. The number of aromatic amines is 2. The number of hydrogen-bond donors (Lipinski definition) is 3. The zero-order valence-corrected chi connectivity index (χ0v) is 27.4. The molecule has 8 heterocycles. The quantitative estimate of drug-likeness (QED) is 0.412. The molecule has 14 heteroatoms. The van der Waals surface area contributed by atoms with Crippen LogP contribution in [0.4, 0.5) is 0 Å². The second-order valence-corrected chi connectivity index (χ2v) is 13.3. The van der Waals surface area contributed by atoms with Gasteiger partial charge in [-0.3, -0.25) is 19.3 Å². The molecule has 0 radical (unpaired) electrons. The van der Waals surface area contributed by atoms with E-state index >= 15 is 0 Å². The summed E-state index contributed by atoms with van der Waals surface area (Å²) in [4.78, 5) is 58.0. The third-order valence-corrected chi connectivity index (χ3v) is 9.90. The Morgan fingerprint density at radius 1 is 0.822 bits per heavy atom. The Hall–Kier alpha value is -3.30. The molecule has 1 atom stereocenters. The first-order valence-corrected chi connectivity index (χ1v) is 16.4. The molecule has 2 aromatic rings. The van der Waals surface area contributed by atoms with Crippen molar-refractivity contribution < 1.29 is 24.2 Å². The number of imidazole rings is 2. The molecule has 13 nitrogen and oxygen atoms in total. The number of carbonyl (C=O) groups is 3. The second kappa shape index (κ2) is 14.9. The first-order valence-electron chi connectivity index (χ1n) is 15.4. The van der Waals surface area contributed by atoms with E-state index in [1.54, 1.807) is 36.4 Å². The highest BCUT2D eigenvalue weighted by Gasteiger charge is 2.40. The maximum Gasteiger partial charge on any atom is 0.328 e. The number of hydrogen-bond acceptors (Lipinski definition) is 11. The third-order valence-electron chi connectivity index (χ3n) is 8.77. The van der Waals surface area contributed by atoms with E-state index in [1.165, 1.54) is 27.7 Å². The van der Waals surface area contributed by atoms with Crippen LogP contribution >= 0.6 is 11.8 Å². The summed E-state index contributed by atoms with van der Waals surface area (Å²) in [6.07, 6.45) is 7.31. The fourth-order valence-corrected chi connectivity index (χ4v) is 7.28. The molecule has 6 aliphatic rings. The summed E-state index contributed by atoms with van der Waals surface area (Å²) in [5.41, 5.74) is 6.75. The highest BCUT2D eigenvalue weighted by Crippen LogP contribution is 2.34. The number of H-pyrrole nitrogens is 2. The van der Waals surface area contributed by atoms with Crippen LogP contribution in [0.3, 0.4) is 0 Å². The number of carbonyl (C=O) groups excluding carboxylic acids is 2. The Balaban J connectivity index is 0.000000120. The van der Waals surface area contributed by atoms with Crippen molar-refractivity contribution in [1.82, 2.24) is 39.5 Å². The molecule has 1 unspecified atom stereocenters. The zero-order chi connectivity index (χ0) is 32.1. The minimum atomic E-state index is -0.964. The number of aliphatic carboxylic acids is 1. The van der Waals surface area contributed by atoms with Crippen LogP contribution in [0, 0.1) is 0 Å². The van der Waals surface area contributed by atoms with Gasteiger partial charge in [0.05, 0.1) is 41.2 Å². The van der Waals surface area contributed by atoms with Crippen molar-refractivity contribution in [2.45, 2.75) is 44.8 Å². The number of rotatable bonds is 1. The van der Waals surface area contributed by atoms with Crippen molar-refractivity contribution >= 4 is 29.3 Å². The molecule has 6 aliphatic heterocycles. The topological polar surface area (TPSA) is 151 Å². The van der Waals surface area contributed by atoms with Crippen LogP contribution in [0.1, 0.15) is 35.6 Å². The predicted molar refractivity (Wildman–Crippen MR) is 171 cm³/mol. The average molecular weight is 641 g/mol. The van der Waals surface area contributed by atoms with Crippen molar-refractivity contribution in [1.29, 1.82) is 0 Å². The van der Waals surface area contributed by atoms with Crippen LogP contribution in [-0.2, 0) is 45.1 Å². The fourth-order valence-electron chi connectivity index (χ4n) is 6.10. The summed E-state index contributed by atoms with van der Waals surface area (Å²) in [5, 5.41) is 8.97. The lowest BCUT2D eigenvalue weighted by Crippen LogP contribution is -2.43. The Morgan fingerprint density at radius 3 is 1.98 bits per heavy atom.